The maximum absolute atomic E-state index is 11.6. The molecule has 0 radical (unpaired) electrons. The fourth-order valence-electron chi connectivity index (χ4n) is 4.67. The molecule has 0 amide bonds. The van der Waals surface area contributed by atoms with Crippen LogP contribution in [0.4, 0.5) is 0 Å². The second kappa shape index (κ2) is 18.6. The third-order valence-corrected chi connectivity index (χ3v) is 7.78. The SMILES string of the molecule is C=C(C)C(=O)OCc1ccc(COc2ccc(OCc3ccc(COc4ccc(OCc5ccc(COC(=O)C(=C)C)cc5)cc4)cc3)cc2)cc1. The van der Waals surface area contributed by atoms with Crippen LogP contribution in [0.25, 0.3) is 0 Å². The minimum absolute atomic E-state index is 0.208. The van der Waals surface area contributed by atoms with E-state index in [1.165, 1.54) is 0 Å². The van der Waals surface area contributed by atoms with Gasteiger partial charge in [0.25, 0.3) is 0 Å². The Morgan fingerprint density at radius 1 is 0.365 bits per heavy atom. The number of benzene rings is 5. The van der Waals surface area contributed by atoms with Crippen molar-refractivity contribution >= 4 is 11.9 Å². The Kier molecular flexibility index (Phi) is 13.3. The van der Waals surface area contributed by atoms with Crippen molar-refractivity contribution in [3.05, 3.63) is 179 Å². The Morgan fingerprint density at radius 2 is 0.558 bits per heavy atom. The molecule has 0 N–H and O–H groups in total. The molecule has 8 heteroatoms. The van der Waals surface area contributed by atoms with E-state index in [4.69, 9.17) is 28.4 Å². The van der Waals surface area contributed by atoms with Crippen LogP contribution in [0.3, 0.4) is 0 Å². The highest BCUT2D eigenvalue weighted by Gasteiger charge is 2.06. The second-order valence-electron chi connectivity index (χ2n) is 12.3. The highest BCUT2D eigenvalue weighted by atomic mass is 16.5. The van der Waals surface area contributed by atoms with Crippen molar-refractivity contribution in [1.82, 2.24) is 0 Å². The second-order valence-corrected chi connectivity index (χ2v) is 12.3. The minimum Gasteiger partial charge on any atom is -0.489 e. The Balaban J connectivity index is 0.979. The molecule has 0 atom stereocenters. The highest BCUT2D eigenvalue weighted by molar-refractivity contribution is 5.87. The van der Waals surface area contributed by atoms with E-state index in [1.54, 1.807) is 13.8 Å². The van der Waals surface area contributed by atoms with Gasteiger partial charge in [-0.25, -0.2) is 9.59 Å². The van der Waals surface area contributed by atoms with Crippen LogP contribution in [0.15, 0.2) is 146 Å². The zero-order valence-corrected chi connectivity index (χ0v) is 29.5. The maximum atomic E-state index is 11.6. The van der Waals surface area contributed by atoms with E-state index in [2.05, 4.69) is 13.2 Å². The number of hydrogen-bond acceptors (Lipinski definition) is 8. The van der Waals surface area contributed by atoms with E-state index >= 15 is 0 Å². The summed E-state index contributed by atoms with van der Waals surface area (Å²) in [5, 5.41) is 0. The van der Waals surface area contributed by atoms with Gasteiger partial charge in [-0.05, 0) is 95.8 Å². The molecule has 0 aliphatic carbocycles. The van der Waals surface area contributed by atoms with E-state index in [0.29, 0.717) is 37.6 Å². The minimum atomic E-state index is -0.397. The third kappa shape index (κ3) is 11.9. The number of hydrogen-bond donors (Lipinski definition) is 0. The quantitative estimate of drug-likeness (QED) is 0.0661. The normalized spacial score (nSPS) is 10.5. The summed E-state index contributed by atoms with van der Waals surface area (Å²) >= 11 is 0. The van der Waals surface area contributed by atoms with Crippen molar-refractivity contribution < 1.29 is 38.0 Å². The van der Waals surface area contributed by atoms with Gasteiger partial charge in [0.2, 0.25) is 0 Å². The van der Waals surface area contributed by atoms with Gasteiger partial charge in [0.15, 0.2) is 0 Å². The largest absolute Gasteiger partial charge is 0.489 e. The summed E-state index contributed by atoms with van der Waals surface area (Å²) in [4.78, 5) is 23.1. The first-order valence-corrected chi connectivity index (χ1v) is 16.8. The van der Waals surface area contributed by atoms with Crippen molar-refractivity contribution in [3.63, 3.8) is 0 Å². The summed E-state index contributed by atoms with van der Waals surface area (Å²) in [5.41, 5.74) is 6.66. The molecule has 0 saturated carbocycles. The smallest absolute Gasteiger partial charge is 0.333 e. The molecule has 52 heavy (non-hydrogen) atoms. The molecule has 0 unspecified atom stereocenters. The van der Waals surface area contributed by atoms with E-state index in [-0.39, 0.29) is 13.2 Å². The van der Waals surface area contributed by atoms with Crippen molar-refractivity contribution in [2.45, 2.75) is 53.5 Å². The van der Waals surface area contributed by atoms with E-state index in [9.17, 15) is 9.59 Å². The number of rotatable bonds is 18. The first-order valence-electron chi connectivity index (χ1n) is 16.8. The monoisotopic (exact) mass is 698 g/mol. The highest BCUT2D eigenvalue weighted by Crippen LogP contribution is 2.22. The lowest BCUT2D eigenvalue weighted by Crippen LogP contribution is -2.05. The summed E-state index contributed by atoms with van der Waals surface area (Å²) in [5.74, 6) is 2.18. The van der Waals surface area contributed by atoms with Gasteiger partial charge in [-0.2, -0.15) is 0 Å². The molecule has 0 bridgehead atoms. The van der Waals surface area contributed by atoms with Crippen LogP contribution in [0.5, 0.6) is 23.0 Å². The summed E-state index contributed by atoms with van der Waals surface area (Å²) in [6, 6.07) is 38.7. The van der Waals surface area contributed by atoms with Gasteiger partial charge < -0.3 is 28.4 Å². The van der Waals surface area contributed by atoms with E-state index in [0.717, 1.165) is 56.4 Å². The molecule has 0 saturated heterocycles. The number of ether oxygens (including phenoxy) is 6. The van der Waals surface area contributed by atoms with Gasteiger partial charge >= 0.3 is 11.9 Å². The zero-order valence-electron chi connectivity index (χ0n) is 29.5. The average Bonchev–Trinajstić information content (AvgIpc) is 3.17. The molecule has 0 aromatic heterocycles. The lowest BCUT2D eigenvalue weighted by atomic mass is 10.1. The van der Waals surface area contributed by atoms with E-state index < -0.39 is 11.9 Å². The van der Waals surface area contributed by atoms with Crippen LogP contribution >= 0.6 is 0 Å². The lowest BCUT2D eigenvalue weighted by Gasteiger charge is -2.11. The number of carbonyl (C=O) groups is 2. The Hall–Kier alpha value is -6.28. The van der Waals surface area contributed by atoms with Gasteiger partial charge in [0.1, 0.15) is 62.6 Å². The molecular formula is C44H42O8. The molecule has 0 aliphatic heterocycles. The molecular weight excluding hydrogens is 656 g/mol. The lowest BCUT2D eigenvalue weighted by molar-refractivity contribution is -0.141. The zero-order chi connectivity index (χ0) is 36.7. The van der Waals surface area contributed by atoms with Crippen LogP contribution in [-0.2, 0) is 58.7 Å². The van der Waals surface area contributed by atoms with Gasteiger partial charge in [0, 0.05) is 11.1 Å². The molecule has 5 aromatic rings. The third-order valence-electron chi connectivity index (χ3n) is 7.78. The molecule has 0 spiro atoms. The summed E-state index contributed by atoms with van der Waals surface area (Å²) in [7, 11) is 0. The summed E-state index contributed by atoms with van der Waals surface area (Å²) < 4.78 is 34.2. The molecule has 0 aliphatic rings. The predicted octanol–water partition coefficient (Wildman–Crippen LogP) is 9.24. The summed E-state index contributed by atoms with van der Waals surface area (Å²) in [6.07, 6.45) is 0. The topological polar surface area (TPSA) is 89.5 Å². The van der Waals surface area contributed by atoms with Gasteiger partial charge in [-0.15, -0.1) is 0 Å². The van der Waals surface area contributed by atoms with Crippen LogP contribution < -0.4 is 18.9 Å². The van der Waals surface area contributed by atoms with Gasteiger partial charge in [-0.1, -0.05) is 86.0 Å². The molecule has 5 rings (SSSR count). The van der Waals surface area contributed by atoms with Crippen LogP contribution in [0.2, 0.25) is 0 Å². The number of esters is 2. The Bertz CT molecular complexity index is 1780. The Morgan fingerprint density at radius 3 is 0.750 bits per heavy atom. The van der Waals surface area contributed by atoms with Gasteiger partial charge in [-0.3, -0.25) is 0 Å². The predicted molar refractivity (Wildman–Crippen MR) is 199 cm³/mol. The standard InChI is InChI=1S/C44H42O8/c1-31(2)43(45)51-29-37-13-9-35(10-14-37)27-49-41-21-17-39(18-22-41)47-25-33-5-7-34(8-6-33)26-48-40-19-23-42(24-20-40)50-28-36-11-15-38(16-12-36)30-52-44(46)32(3)4/h5-24H,1,3,25-30H2,2,4H3. The van der Waals surface area contributed by atoms with Crippen LogP contribution in [0, 0.1) is 0 Å². The van der Waals surface area contributed by atoms with Gasteiger partial charge in [0.05, 0.1) is 0 Å². The molecule has 5 aromatic carbocycles. The van der Waals surface area contributed by atoms with Crippen molar-refractivity contribution in [2.75, 3.05) is 0 Å². The molecule has 0 fully saturated rings. The van der Waals surface area contributed by atoms with Crippen molar-refractivity contribution in [2.24, 2.45) is 0 Å². The van der Waals surface area contributed by atoms with Crippen molar-refractivity contribution in [3.8, 4) is 23.0 Å². The molecule has 266 valence electrons. The number of carbonyl (C=O) groups excluding carboxylic acids is 2. The summed E-state index contributed by atoms with van der Waals surface area (Å²) in [6.45, 7) is 12.5. The maximum Gasteiger partial charge on any atom is 0.333 e. The molecule has 0 heterocycles. The molecule has 8 nitrogen and oxygen atoms in total. The van der Waals surface area contributed by atoms with Crippen LogP contribution in [-0.4, -0.2) is 11.9 Å². The fraction of sp³-hybridized carbons (Fsp3) is 0.182. The first kappa shape index (κ1) is 37.0. The van der Waals surface area contributed by atoms with Crippen molar-refractivity contribution in [1.29, 1.82) is 0 Å². The first-order chi connectivity index (χ1) is 25.2. The fourth-order valence-corrected chi connectivity index (χ4v) is 4.67. The van der Waals surface area contributed by atoms with Crippen LogP contribution in [0.1, 0.15) is 47.2 Å². The van der Waals surface area contributed by atoms with E-state index in [1.807, 2.05) is 121 Å². The average molecular weight is 699 g/mol. The Labute approximate surface area is 304 Å².